The molecule has 3 aromatic rings. The first-order valence-corrected chi connectivity index (χ1v) is 7.80. The molecule has 0 fully saturated rings. The fraction of sp³-hybridized carbons (Fsp3) is 0.250. The monoisotopic (exact) mass is 315 g/mol. The first kappa shape index (κ1) is 14.6. The van der Waals surface area contributed by atoms with Gasteiger partial charge in [-0.1, -0.05) is 18.2 Å². The summed E-state index contributed by atoms with van der Waals surface area (Å²) in [6.07, 6.45) is 1.73. The molecule has 1 atom stereocenters. The van der Waals surface area contributed by atoms with Crippen LogP contribution in [0, 0.1) is 13.8 Å². The Hall–Kier alpha value is -2.34. The molecule has 22 heavy (non-hydrogen) atoms. The summed E-state index contributed by atoms with van der Waals surface area (Å²) in [5, 5.41) is 7.54. The van der Waals surface area contributed by atoms with Gasteiger partial charge < -0.3 is 9.73 Å². The molecule has 0 aliphatic rings. The number of aromatic nitrogens is 1. The van der Waals surface area contributed by atoms with E-state index >= 15 is 0 Å². The number of hydrogen-bond acceptors (Lipinski definition) is 4. The molecule has 2 heterocycles. The van der Waals surface area contributed by atoms with Crippen molar-refractivity contribution in [3.05, 3.63) is 47.3 Å². The van der Waals surface area contributed by atoms with E-state index < -0.39 is 0 Å². The number of nitrogens with one attached hydrogen (secondary N) is 2. The van der Waals surface area contributed by atoms with E-state index in [4.69, 9.17) is 4.42 Å². The minimum absolute atomic E-state index is 0.222. The number of fused-ring (bicyclic) bond motifs is 1. The second-order valence-corrected chi connectivity index (χ2v) is 6.05. The molecule has 114 valence electrons. The number of benzene rings is 1. The summed E-state index contributed by atoms with van der Waals surface area (Å²) >= 11 is 1.26. The molecule has 2 amide bonds. The zero-order chi connectivity index (χ0) is 15.7. The van der Waals surface area contributed by atoms with Crippen molar-refractivity contribution in [2.75, 3.05) is 5.32 Å². The van der Waals surface area contributed by atoms with E-state index in [0.29, 0.717) is 0 Å². The summed E-state index contributed by atoms with van der Waals surface area (Å²) in [6, 6.07) is 7.38. The fourth-order valence-corrected chi connectivity index (χ4v) is 3.07. The second-order valence-electron chi connectivity index (χ2n) is 5.25. The molecule has 0 saturated carbocycles. The fourth-order valence-electron chi connectivity index (χ4n) is 2.42. The highest BCUT2D eigenvalue weighted by atomic mass is 32.1. The van der Waals surface area contributed by atoms with Crippen molar-refractivity contribution in [1.82, 2.24) is 9.69 Å². The van der Waals surface area contributed by atoms with Crippen molar-refractivity contribution in [1.29, 1.82) is 0 Å². The molecular formula is C16H17N3O2S. The van der Waals surface area contributed by atoms with Crippen LogP contribution < -0.4 is 10.6 Å². The third-order valence-corrected chi connectivity index (χ3v) is 4.41. The van der Waals surface area contributed by atoms with Gasteiger partial charge in [-0.25, -0.2) is 4.79 Å². The van der Waals surface area contributed by atoms with Gasteiger partial charge in [-0.15, -0.1) is 0 Å². The van der Waals surface area contributed by atoms with E-state index in [0.717, 1.165) is 32.9 Å². The number of carbonyl (C=O) groups excluding carboxylic acids is 1. The predicted molar refractivity (Wildman–Crippen MR) is 88.4 cm³/mol. The first-order chi connectivity index (χ1) is 10.6. The number of carbonyl (C=O) groups is 1. The van der Waals surface area contributed by atoms with Crippen LogP contribution in [-0.2, 0) is 0 Å². The third-order valence-electron chi connectivity index (χ3n) is 3.60. The highest BCUT2D eigenvalue weighted by Gasteiger charge is 2.18. The number of anilines is 1. The maximum Gasteiger partial charge on any atom is 0.320 e. The number of nitrogens with zero attached hydrogens (tertiary/aromatic N) is 1. The van der Waals surface area contributed by atoms with E-state index in [1.165, 1.54) is 11.5 Å². The Morgan fingerprint density at radius 3 is 2.77 bits per heavy atom. The topological polar surface area (TPSA) is 67.2 Å². The molecule has 1 unspecified atom stereocenters. The maximum absolute atomic E-state index is 12.1. The number of hydrogen-bond donors (Lipinski definition) is 2. The van der Waals surface area contributed by atoms with Crippen molar-refractivity contribution in [2.24, 2.45) is 0 Å². The van der Waals surface area contributed by atoms with Crippen molar-refractivity contribution >= 4 is 33.5 Å². The van der Waals surface area contributed by atoms with Crippen LogP contribution in [0.5, 0.6) is 0 Å². The molecule has 0 bridgehead atoms. The van der Waals surface area contributed by atoms with Crippen LogP contribution in [0.15, 0.2) is 34.9 Å². The number of furan rings is 1. The van der Waals surface area contributed by atoms with Crippen LogP contribution >= 0.6 is 11.5 Å². The first-order valence-electron chi connectivity index (χ1n) is 7.03. The molecule has 0 radical (unpaired) electrons. The number of rotatable bonds is 3. The van der Waals surface area contributed by atoms with Gasteiger partial charge in [0, 0.05) is 22.7 Å². The summed E-state index contributed by atoms with van der Waals surface area (Å²) in [7, 11) is 0. The second kappa shape index (κ2) is 5.81. The summed E-state index contributed by atoms with van der Waals surface area (Å²) < 4.78 is 9.90. The smallest absolute Gasteiger partial charge is 0.320 e. The predicted octanol–water partition coefficient (Wildman–Crippen LogP) is 4.39. The van der Waals surface area contributed by atoms with Gasteiger partial charge >= 0.3 is 6.03 Å². The highest BCUT2D eigenvalue weighted by Crippen LogP contribution is 2.29. The molecular weight excluding hydrogens is 298 g/mol. The van der Waals surface area contributed by atoms with Gasteiger partial charge in [0.2, 0.25) is 0 Å². The molecule has 1 aromatic carbocycles. The van der Waals surface area contributed by atoms with Gasteiger partial charge in [0.15, 0.2) is 0 Å². The van der Waals surface area contributed by atoms with Crippen LogP contribution in [0.4, 0.5) is 9.80 Å². The summed E-state index contributed by atoms with van der Waals surface area (Å²) in [4.78, 5) is 12.1. The minimum atomic E-state index is -0.264. The van der Waals surface area contributed by atoms with E-state index in [-0.39, 0.29) is 12.1 Å². The number of aryl methyl sites for hydroxylation is 2. The number of para-hydroxylation sites is 1. The minimum Gasteiger partial charge on any atom is -0.459 e. The molecule has 0 aliphatic carbocycles. The Balaban J connectivity index is 1.75. The van der Waals surface area contributed by atoms with Gasteiger partial charge in [0.05, 0.1) is 6.04 Å². The average Bonchev–Trinajstić information content (AvgIpc) is 3.04. The van der Waals surface area contributed by atoms with Crippen molar-refractivity contribution in [2.45, 2.75) is 26.8 Å². The molecule has 2 aromatic heterocycles. The highest BCUT2D eigenvalue weighted by molar-refractivity contribution is 7.10. The molecule has 0 aliphatic heterocycles. The largest absolute Gasteiger partial charge is 0.459 e. The van der Waals surface area contributed by atoms with Crippen molar-refractivity contribution in [3.8, 4) is 0 Å². The van der Waals surface area contributed by atoms with Crippen molar-refractivity contribution in [3.63, 3.8) is 0 Å². The SMILES string of the molecule is Cc1cnsc1NC(=O)NC(C)c1oc2ccccc2c1C. The average molecular weight is 315 g/mol. The number of amides is 2. The van der Waals surface area contributed by atoms with E-state index in [1.54, 1.807) is 6.20 Å². The molecule has 5 nitrogen and oxygen atoms in total. The maximum atomic E-state index is 12.1. The third kappa shape index (κ3) is 2.69. The number of urea groups is 1. The van der Waals surface area contributed by atoms with Crippen LogP contribution in [-0.4, -0.2) is 10.4 Å². The molecule has 6 heteroatoms. The Kier molecular flexibility index (Phi) is 3.85. The molecule has 2 N–H and O–H groups in total. The Labute approximate surface area is 132 Å². The lowest BCUT2D eigenvalue weighted by Gasteiger charge is -2.13. The summed E-state index contributed by atoms with van der Waals surface area (Å²) in [5.74, 6) is 0.775. The molecule has 3 rings (SSSR count). The van der Waals surface area contributed by atoms with Gasteiger partial charge in [0.1, 0.15) is 16.3 Å². The van der Waals surface area contributed by atoms with Crippen molar-refractivity contribution < 1.29 is 9.21 Å². The lowest BCUT2D eigenvalue weighted by atomic mass is 10.1. The van der Waals surface area contributed by atoms with Gasteiger partial charge in [-0.2, -0.15) is 4.37 Å². The normalized spacial score (nSPS) is 12.3. The van der Waals surface area contributed by atoms with Gasteiger partial charge in [-0.3, -0.25) is 5.32 Å². The summed E-state index contributed by atoms with van der Waals surface area (Å²) in [6.45, 7) is 5.82. The van der Waals surface area contributed by atoms with E-state index in [2.05, 4.69) is 15.0 Å². The van der Waals surface area contributed by atoms with Crippen LogP contribution in [0.3, 0.4) is 0 Å². The van der Waals surface area contributed by atoms with E-state index in [9.17, 15) is 4.79 Å². The quantitative estimate of drug-likeness (QED) is 0.753. The standard InChI is InChI=1S/C16H17N3O2S/c1-9-8-17-22-15(9)19-16(20)18-11(3)14-10(2)12-6-4-5-7-13(12)21-14/h4-8,11H,1-3H3,(H2,18,19,20). The Morgan fingerprint density at radius 2 is 2.09 bits per heavy atom. The zero-order valence-electron chi connectivity index (χ0n) is 12.6. The van der Waals surface area contributed by atoms with Gasteiger partial charge in [-0.05, 0) is 38.4 Å². The van der Waals surface area contributed by atoms with Crippen LogP contribution in [0.25, 0.3) is 11.0 Å². The Morgan fingerprint density at radius 1 is 1.32 bits per heavy atom. The van der Waals surface area contributed by atoms with Crippen LogP contribution in [0.1, 0.15) is 29.9 Å². The molecule has 0 saturated heterocycles. The lowest BCUT2D eigenvalue weighted by molar-refractivity contribution is 0.248. The summed E-state index contributed by atoms with van der Waals surface area (Å²) in [5.41, 5.74) is 2.84. The molecule has 0 spiro atoms. The van der Waals surface area contributed by atoms with Gasteiger partial charge in [0.25, 0.3) is 0 Å². The van der Waals surface area contributed by atoms with Crippen LogP contribution in [0.2, 0.25) is 0 Å². The lowest BCUT2D eigenvalue weighted by Crippen LogP contribution is -2.31. The Bertz CT molecular complexity index is 822. The van der Waals surface area contributed by atoms with E-state index in [1.807, 2.05) is 45.0 Å². The zero-order valence-corrected chi connectivity index (χ0v) is 13.5.